The molecule has 8 heteroatoms. The molecule has 0 saturated heterocycles. The van der Waals surface area contributed by atoms with Crippen molar-refractivity contribution in [2.24, 2.45) is 0 Å². The van der Waals surface area contributed by atoms with Crippen LogP contribution in [0.3, 0.4) is 0 Å². The average Bonchev–Trinajstić information content (AvgIpc) is 2.50. The Bertz CT molecular complexity index is 504. The van der Waals surface area contributed by atoms with Gasteiger partial charge in [-0.05, 0) is 0 Å². The van der Waals surface area contributed by atoms with Gasteiger partial charge in [0.05, 0.1) is 0 Å². The van der Waals surface area contributed by atoms with Crippen molar-refractivity contribution in [3.63, 3.8) is 0 Å². The molecular weight excluding hydrogens is 350 g/mol. The van der Waals surface area contributed by atoms with Gasteiger partial charge in [0.2, 0.25) is 0 Å². The molecular formula is C16H30O6P2. The van der Waals surface area contributed by atoms with Crippen LogP contribution in [0.15, 0.2) is 24.3 Å². The first-order valence-electron chi connectivity index (χ1n) is 8.36. The van der Waals surface area contributed by atoms with E-state index in [0.29, 0.717) is 32.6 Å². The van der Waals surface area contributed by atoms with Gasteiger partial charge in [0, 0.05) is 0 Å². The molecule has 0 bridgehead atoms. The third-order valence-corrected chi connectivity index (χ3v) is 7.61. The molecule has 1 rings (SSSR count). The van der Waals surface area contributed by atoms with Gasteiger partial charge in [-0.1, -0.05) is 0 Å². The fraction of sp³-hybridized carbons (Fsp3) is 0.625. The molecule has 6 nitrogen and oxygen atoms in total. The summed E-state index contributed by atoms with van der Waals surface area (Å²) in [5.74, 6) is 0. The van der Waals surface area contributed by atoms with Crippen LogP contribution in [0.5, 0.6) is 0 Å². The molecule has 0 aliphatic heterocycles. The van der Waals surface area contributed by atoms with Crippen molar-refractivity contribution < 1.29 is 27.6 Å². The van der Waals surface area contributed by atoms with E-state index in [1.165, 1.54) is 0 Å². The van der Waals surface area contributed by atoms with Gasteiger partial charge in [0.25, 0.3) is 0 Å². The van der Waals surface area contributed by atoms with Crippen LogP contribution >= 0.6 is 15.5 Å². The number of rotatable bonds is 12. The number of hydrogen-bond acceptors (Lipinski definition) is 6. The Morgan fingerprint density at radius 1 is 0.875 bits per heavy atom. The Hall–Kier alpha value is -0.320. The SMILES string of the molecule is CCOP(=O)(Cc1ccc(C[PH](O)(OCC)OCC)cc1)OCC. The van der Waals surface area contributed by atoms with Crippen molar-refractivity contribution in [2.75, 3.05) is 26.4 Å². The fourth-order valence-electron chi connectivity index (χ4n) is 2.36. The van der Waals surface area contributed by atoms with E-state index in [1.807, 2.05) is 38.1 Å². The summed E-state index contributed by atoms with van der Waals surface area (Å²) in [5.41, 5.74) is 1.78. The maximum atomic E-state index is 12.5. The average molecular weight is 380 g/mol. The molecule has 0 heterocycles. The van der Waals surface area contributed by atoms with Crippen molar-refractivity contribution >= 4 is 15.5 Å². The molecule has 140 valence electrons. The summed E-state index contributed by atoms with van der Waals surface area (Å²) in [7, 11) is -6.29. The first kappa shape index (κ1) is 21.7. The molecule has 0 aromatic heterocycles. The Balaban J connectivity index is 2.79. The van der Waals surface area contributed by atoms with Crippen molar-refractivity contribution in [3.8, 4) is 0 Å². The second kappa shape index (κ2) is 10.6. The second-order valence-corrected chi connectivity index (χ2v) is 9.59. The minimum atomic E-state index is -3.18. The first-order chi connectivity index (χ1) is 11.4. The summed E-state index contributed by atoms with van der Waals surface area (Å²) in [6, 6.07) is 7.50. The van der Waals surface area contributed by atoms with E-state index in [4.69, 9.17) is 18.1 Å². The van der Waals surface area contributed by atoms with Gasteiger partial charge >= 0.3 is 145 Å². The van der Waals surface area contributed by atoms with E-state index in [0.717, 1.165) is 11.1 Å². The van der Waals surface area contributed by atoms with E-state index < -0.39 is 15.5 Å². The van der Waals surface area contributed by atoms with Crippen LogP contribution in [0.4, 0.5) is 0 Å². The van der Waals surface area contributed by atoms with Crippen molar-refractivity contribution in [1.82, 2.24) is 0 Å². The Morgan fingerprint density at radius 3 is 1.75 bits per heavy atom. The second-order valence-electron chi connectivity index (χ2n) is 5.18. The molecule has 0 spiro atoms. The van der Waals surface area contributed by atoms with E-state index in [9.17, 15) is 9.46 Å². The molecule has 0 aliphatic carbocycles. The van der Waals surface area contributed by atoms with Crippen LogP contribution in [0.25, 0.3) is 0 Å². The Morgan fingerprint density at radius 2 is 1.33 bits per heavy atom. The normalized spacial score (nSPS) is 13.2. The minimum absolute atomic E-state index is 0.230. The number of benzene rings is 1. The van der Waals surface area contributed by atoms with E-state index in [2.05, 4.69) is 0 Å². The van der Waals surface area contributed by atoms with Crippen molar-refractivity contribution in [3.05, 3.63) is 35.4 Å². The van der Waals surface area contributed by atoms with Gasteiger partial charge in [-0.2, -0.15) is 0 Å². The molecule has 1 aromatic carbocycles. The summed E-state index contributed by atoms with van der Waals surface area (Å²) in [6.45, 7) is 8.76. The third-order valence-electron chi connectivity index (χ3n) is 3.22. The van der Waals surface area contributed by atoms with Crippen LogP contribution in [0, 0.1) is 0 Å². The quantitative estimate of drug-likeness (QED) is 0.538. The summed E-state index contributed by atoms with van der Waals surface area (Å²) < 4.78 is 34.0. The van der Waals surface area contributed by atoms with Crippen LogP contribution in [-0.2, 0) is 35.0 Å². The molecule has 0 unspecified atom stereocenters. The summed E-state index contributed by atoms with van der Waals surface area (Å²) in [5, 5.41) is 0. The van der Waals surface area contributed by atoms with Gasteiger partial charge < -0.3 is 0 Å². The van der Waals surface area contributed by atoms with Gasteiger partial charge in [0.1, 0.15) is 0 Å². The van der Waals surface area contributed by atoms with Gasteiger partial charge in [0.15, 0.2) is 0 Å². The molecule has 0 saturated carbocycles. The first-order valence-corrected chi connectivity index (χ1v) is 12.1. The summed E-state index contributed by atoms with van der Waals surface area (Å²) in [4.78, 5) is 10.5. The van der Waals surface area contributed by atoms with E-state index in [1.54, 1.807) is 13.8 Å². The van der Waals surface area contributed by atoms with Crippen molar-refractivity contribution in [1.29, 1.82) is 0 Å². The zero-order valence-electron chi connectivity index (χ0n) is 15.0. The van der Waals surface area contributed by atoms with Crippen molar-refractivity contribution in [2.45, 2.75) is 40.0 Å². The molecule has 1 N–H and O–H groups in total. The monoisotopic (exact) mass is 380 g/mol. The van der Waals surface area contributed by atoms with Crippen LogP contribution in [0.2, 0.25) is 0 Å². The third kappa shape index (κ3) is 7.28. The predicted molar refractivity (Wildman–Crippen MR) is 98.5 cm³/mol. The van der Waals surface area contributed by atoms with Crippen LogP contribution in [0.1, 0.15) is 38.8 Å². The summed E-state index contributed by atoms with van der Waals surface area (Å²) >= 11 is 0. The van der Waals surface area contributed by atoms with Crippen LogP contribution in [-0.4, -0.2) is 31.3 Å². The predicted octanol–water partition coefficient (Wildman–Crippen LogP) is 4.51. The zero-order chi connectivity index (χ0) is 18.1. The number of hydrogen-bond donors (Lipinski definition) is 1. The van der Waals surface area contributed by atoms with Gasteiger partial charge in [-0.25, -0.2) is 0 Å². The zero-order valence-corrected chi connectivity index (χ0v) is 16.9. The molecule has 0 aliphatic rings. The standard InChI is InChI=1S/C16H30O6P2/c1-5-19-23(17,20-6-2)13-15-9-11-16(12-10-15)14-24(18,21-7-3)22-8-4/h9-12,17,23H,5-8,13-14H2,1-4H3. The van der Waals surface area contributed by atoms with Gasteiger partial charge in [-0.3, -0.25) is 0 Å². The fourth-order valence-corrected chi connectivity index (χ4v) is 6.00. The maximum absolute atomic E-state index is 12.5. The van der Waals surface area contributed by atoms with E-state index >= 15 is 0 Å². The van der Waals surface area contributed by atoms with Gasteiger partial charge in [-0.15, -0.1) is 0 Å². The molecule has 24 heavy (non-hydrogen) atoms. The van der Waals surface area contributed by atoms with Crippen LogP contribution < -0.4 is 0 Å². The van der Waals surface area contributed by atoms with E-state index in [-0.39, 0.29) is 6.16 Å². The topological polar surface area (TPSA) is 74.2 Å². The molecule has 1 aromatic rings. The summed E-state index contributed by atoms with van der Waals surface area (Å²) in [6.07, 6.45) is 0.580. The Kier molecular flexibility index (Phi) is 9.61. The molecule has 0 amide bonds. The molecule has 0 atom stereocenters. The Labute approximate surface area is 145 Å². The molecule has 0 fully saturated rings. The molecule has 0 radical (unpaired) electrons.